The molecule has 0 fully saturated rings. The zero-order chi connectivity index (χ0) is 18.5. The predicted molar refractivity (Wildman–Crippen MR) is 103 cm³/mol. The van der Waals surface area contributed by atoms with Crippen molar-refractivity contribution in [3.63, 3.8) is 0 Å². The lowest BCUT2D eigenvalue weighted by atomic mass is 10.1. The number of ether oxygens (including phenoxy) is 2. The maximum absolute atomic E-state index is 11.0. The zero-order valence-electron chi connectivity index (χ0n) is 14.6. The summed E-state index contributed by atoms with van der Waals surface area (Å²) >= 11 is -1.98. The lowest BCUT2D eigenvalue weighted by Crippen LogP contribution is -2.05. The van der Waals surface area contributed by atoms with Crippen LogP contribution in [-0.2, 0) is 11.1 Å². The van der Waals surface area contributed by atoms with Crippen LogP contribution in [0.15, 0.2) is 77.7 Å². The third-order valence-electron chi connectivity index (χ3n) is 3.67. The van der Waals surface area contributed by atoms with Gasteiger partial charge in [0.2, 0.25) is 0 Å². The van der Waals surface area contributed by atoms with Gasteiger partial charge >= 0.3 is 0 Å². The van der Waals surface area contributed by atoms with Gasteiger partial charge in [0.1, 0.15) is 17.2 Å². The van der Waals surface area contributed by atoms with Crippen LogP contribution in [0.4, 0.5) is 0 Å². The maximum atomic E-state index is 11.0. The molecule has 0 saturated heterocycles. The van der Waals surface area contributed by atoms with Crippen molar-refractivity contribution in [2.24, 2.45) is 0 Å². The van der Waals surface area contributed by atoms with Gasteiger partial charge in [-0.05, 0) is 73.5 Å². The third kappa shape index (κ3) is 4.71. The van der Waals surface area contributed by atoms with Gasteiger partial charge in [-0.2, -0.15) is 0 Å². The lowest BCUT2D eigenvalue weighted by Gasteiger charge is -2.10. The Morgan fingerprint density at radius 3 is 1.58 bits per heavy atom. The van der Waals surface area contributed by atoms with E-state index in [4.69, 9.17) is 14.0 Å². The van der Waals surface area contributed by atoms with Gasteiger partial charge in [-0.15, -0.1) is 0 Å². The van der Waals surface area contributed by atoms with Gasteiger partial charge in [-0.25, -0.2) is 4.21 Å². The van der Waals surface area contributed by atoms with Crippen molar-refractivity contribution in [3.8, 4) is 28.4 Å². The van der Waals surface area contributed by atoms with Crippen molar-refractivity contribution < 1.29 is 18.2 Å². The fourth-order valence-corrected chi connectivity index (χ4v) is 2.84. The smallest absolute Gasteiger partial charge is 0.186 e. The van der Waals surface area contributed by atoms with E-state index in [-0.39, 0.29) is 6.10 Å². The molecule has 0 heterocycles. The normalized spacial score (nSPS) is 12.0. The van der Waals surface area contributed by atoms with Crippen LogP contribution in [0.1, 0.15) is 13.8 Å². The first kappa shape index (κ1) is 18.2. The molecule has 1 atom stereocenters. The highest BCUT2D eigenvalue weighted by molar-refractivity contribution is 7.79. The van der Waals surface area contributed by atoms with Crippen LogP contribution in [-0.4, -0.2) is 14.9 Å². The van der Waals surface area contributed by atoms with Gasteiger partial charge < -0.3 is 14.0 Å². The van der Waals surface area contributed by atoms with Crippen molar-refractivity contribution >= 4 is 11.1 Å². The molecule has 0 aliphatic rings. The van der Waals surface area contributed by atoms with Gasteiger partial charge in [0.25, 0.3) is 0 Å². The minimum atomic E-state index is -1.98. The van der Waals surface area contributed by atoms with Crippen LogP contribution in [0.25, 0.3) is 11.1 Å². The molecule has 0 bridgehead atoms. The Morgan fingerprint density at radius 1 is 0.731 bits per heavy atom. The van der Waals surface area contributed by atoms with E-state index >= 15 is 0 Å². The zero-order valence-corrected chi connectivity index (χ0v) is 15.4. The van der Waals surface area contributed by atoms with Gasteiger partial charge in [-0.1, -0.05) is 24.3 Å². The van der Waals surface area contributed by atoms with E-state index < -0.39 is 11.1 Å². The van der Waals surface area contributed by atoms with E-state index in [9.17, 15) is 4.21 Å². The summed E-state index contributed by atoms with van der Waals surface area (Å²) in [6, 6.07) is 22.2. The summed E-state index contributed by atoms with van der Waals surface area (Å²) in [6.07, 6.45) is 0.156. The molecule has 0 radical (unpaired) electrons. The molecule has 0 saturated carbocycles. The SMILES string of the molecule is CC(C)Oc1ccc(-c2ccc(Oc3ccc(S(=O)O)cc3)cc2)cc1. The van der Waals surface area contributed by atoms with Crippen LogP contribution in [0.5, 0.6) is 17.2 Å². The Morgan fingerprint density at radius 2 is 1.15 bits per heavy atom. The van der Waals surface area contributed by atoms with Gasteiger partial charge in [0, 0.05) is 0 Å². The second kappa shape index (κ2) is 8.17. The standard InChI is InChI=1S/C21H20O4S/c1-15(2)24-18-7-3-16(4-8-18)17-5-9-19(10-6-17)25-20-11-13-21(14-12-20)26(22)23/h3-15H,1-2H3,(H,22,23). The number of hydrogen-bond donors (Lipinski definition) is 1. The fourth-order valence-electron chi connectivity index (χ4n) is 2.47. The van der Waals surface area contributed by atoms with Crippen molar-refractivity contribution in [1.82, 2.24) is 0 Å². The van der Waals surface area contributed by atoms with Crippen LogP contribution in [0, 0.1) is 0 Å². The molecule has 0 amide bonds. The minimum Gasteiger partial charge on any atom is -0.491 e. The van der Waals surface area contributed by atoms with Gasteiger partial charge in [0.15, 0.2) is 11.1 Å². The molecule has 0 aromatic heterocycles. The first-order chi connectivity index (χ1) is 12.5. The first-order valence-corrected chi connectivity index (χ1v) is 9.38. The molecule has 1 N–H and O–H groups in total. The summed E-state index contributed by atoms with van der Waals surface area (Å²) in [4.78, 5) is 0.345. The summed E-state index contributed by atoms with van der Waals surface area (Å²) in [5, 5.41) is 0. The van der Waals surface area contributed by atoms with E-state index in [1.165, 1.54) is 0 Å². The average molecular weight is 368 g/mol. The van der Waals surface area contributed by atoms with E-state index in [2.05, 4.69) is 0 Å². The van der Waals surface area contributed by atoms with Crippen LogP contribution >= 0.6 is 0 Å². The topological polar surface area (TPSA) is 55.8 Å². The minimum absolute atomic E-state index is 0.156. The molecule has 0 spiro atoms. The van der Waals surface area contributed by atoms with Crippen molar-refractivity contribution in [1.29, 1.82) is 0 Å². The molecule has 4 nitrogen and oxygen atoms in total. The first-order valence-electron chi connectivity index (χ1n) is 8.27. The average Bonchev–Trinajstić information content (AvgIpc) is 2.63. The van der Waals surface area contributed by atoms with Crippen LogP contribution in [0.2, 0.25) is 0 Å². The number of hydrogen-bond acceptors (Lipinski definition) is 3. The highest BCUT2D eigenvalue weighted by Crippen LogP contribution is 2.27. The van der Waals surface area contributed by atoms with Gasteiger partial charge in [-0.3, -0.25) is 0 Å². The molecule has 3 aromatic rings. The van der Waals surface area contributed by atoms with Crippen molar-refractivity contribution in [2.45, 2.75) is 24.8 Å². The third-order valence-corrected chi connectivity index (χ3v) is 4.35. The lowest BCUT2D eigenvalue weighted by molar-refractivity contribution is 0.242. The summed E-state index contributed by atoms with van der Waals surface area (Å²) in [5.74, 6) is 2.17. The van der Waals surface area contributed by atoms with Gasteiger partial charge in [0.05, 0.1) is 11.0 Å². The van der Waals surface area contributed by atoms with Crippen LogP contribution < -0.4 is 9.47 Å². The second-order valence-electron chi connectivity index (χ2n) is 6.04. The second-order valence-corrected chi connectivity index (χ2v) is 7.01. The molecule has 1 unspecified atom stereocenters. The molecule has 0 aliphatic heterocycles. The summed E-state index contributed by atoms with van der Waals surface area (Å²) in [5.41, 5.74) is 2.18. The largest absolute Gasteiger partial charge is 0.491 e. The Hall–Kier alpha value is -2.63. The summed E-state index contributed by atoms with van der Waals surface area (Å²) in [6.45, 7) is 4.01. The fraction of sp³-hybridized carbons (Fsp3) is 0.143. The Kier molecular flexibility index (Phi) is 5.71. The number of rotatable bonds is 6. The highest BCUT2D eigenvalue weighted by atomic mass is 32.2. The number of benzene rings is 3. The van der Waals surface area contributed by atoms with Crippen LogP contribution in [0.3, 0.4) is 0 Å². The van der Waals surface area contributed by atoms with Crippen molar-refractivity contribution in [3.05, 3.63) is 72.8 Å². The summed E-state index contributed by atoms with van der Waals surface area (Å²) in [7, 11) is 0. The quantitative estimate of drug-likeness (QED) is 0.583. The molecule has 3 aromatic carbocycles. The Labute approximate surface area is 155 Å². The molecule has 26 heavy (non-hydrogen) atoms. The Bertz CT molecular complexity index is 869. The molecular weight excluding hydrogens is 348 g/mol. The Balaban J connectivity index is 1.69. The predicted octanol–water partition coefficient (Wildman–Crippen LogP) is 5.51. The van der Waals surface area contributed by atoms with Crippen molar-refractivity contribution in [2.75, 3.05) is 0 Å². The molecule has 134 valence electrons. The molecular formula is C21H20O4S. The highest BCUT2D eigenvalue weighted by Gasteiger charge is 2.04. The summed E-state index contributed by atoms with van der Waals surface area (Å²) < 4.78 is 31.4. The molecule has 3 rings (SSSR count). The van der Waals surface area contributed by atoms with E-state index in [0.717, 1.165) is 16.9 Å². The van der Waals surface area contributed by atoms with E-state index in [1.54, 1.807) is 24.3 Å². The monoisotopic (exact) mass is 368 g/mol. The maximum Gasteiger partial charge on any atom is 0.186 e. The van der Waals surface area contributed by atoms with E-state index in [0.29, 0.717) is 16.4 Å². The molecule has 0 aliphatic carbocycles. The molecule has 5 heteroatoms. The van der Waals surface area contributed by atoms with E-state index in [1.807, 2.05) is 62.4 Å².